The third-order valence-corrected chi connectivity index (χ3v) is 5.29. The van der Waals surface area contributed by atoms with Crippen molar-refractivity contribution in [2.45, 2.75) is 6.92 Å². The van der Waals surface area contributed by atoms with Gasteiger partial charge in [0.25, 0.3) is 5.91 Å². The maximum atomic E-state index is 12.4. The van der Waals surface area contributed by atoms with E-state index in [0.29, 0.717) is 46.3 Å². The summed E-state index contributed by atoms with van der Waals surface area (Å²) in [5, 5.41) is 12.4. The minimum atomic E-state index is -0.456. The summed E-state index contributed by atoms with van der Waals surface area (Å²) in [6, 6.07) is 21.2. The first kappa shape index (κ1) is 25.0. The molecule has 0 saturated carbocycles. The number of rotatable bonds is 9. The van der Waals surface area contributed by atoms with Crippen LogP contribution in [0.4, 0.5) is 5.69 Å². The molecule has 4 rings (SSSR count). The number of carbonyl (C=O) groups is 2. The van der Waals surface area contributed by atoms with Gasteiger partial charge in [-0.3, -0.25) is 4.79 Å². The second-order valence-corrected chi connectivity index (χ2v) is 7.82. The lowest BCUT2D eigenvalue weighted by molar-refractivity contribution is -0.118. The highest BCUT2D eigenvalue weighted by Gasteiger charge is 2.12. The van der Waals surface area contributed by atoms with E-state index in [9.17, 15) is 14.9 Å². The van der Waals surface area contributed by atoms with Gasteiger partial charge in [-0.15, -0.1) is 0 Å². The molecule has 0 radical (unpaired) electrons. The van der Waals surface area contributed by atoms with E-state index in [1.165, 1.54) is 7.11 Å². The Morgan fingerprint density at radius 2 is 1.84 bits per heavy atom. The highest BCUT2D eigenvalue weighted by Crippen LogP contribution is 2.30. The zero-order valence-corrected chi connectivity index (χ0v) is 20.3. The van der Waals surface area contributed by atoms with Gasteiger partial charge in [0, 0.05) is 5.69 Å². The quantitative estimate of drug-likeness (QED) is 0.251. The van der Waals surface area contributed by atoms with Gasteiger partial charge in [0.05, 0.1) is 35.9 Å². The number of aromatic nitrogens is 2. The zero-order chi connectivity index (χ0) is 26.2. The molecule has 0 aliphatic heterocycles. The molecular weight excluding hydrogens is 472 g/mol. The van der Waals surface area contributed by atoms with Gasteiger partial charge in [-0.1, -0.05) is 18.2 Å². The lowest BCUT2D eigenvalue weighted by Gasteiger charge is -2.13. The van der Waals surface area contributed by atoms with Crippen LogP contribution in [0.2, 0.25) is 0 Å². The molecule has 3 aromatic carbocycles. The molecule has 0 unspecified atom stereocenters. The molecule has 0 atom stereocenters. The van der Waals surface area contributed by atoms with Crippen LogP contribution in [-0.4, -0.2) is 42.2 Å². The van der Waals surface area contributed by atoms with Gasteiger partial charge in [0.15, 0.2) is 18.1 Å². The Balaban J connectivity index is 1.46. The van der Waals surface area contributed by atoms with Crippen molar-refractivity contribution in [3.8, 4) is 17.6 Å². The van der Waals surface area contributed by atoms with E-state index in [4.69, 9.17) is 9.47 Å². The summed E-state index contributed by atoms with van der Waals surface area (Å²) in [6.45, 7) is 1.97. The maximum absolute atomic E-state index is 12.4. The number of aromatic amines is 1. The van der Waals surface area contributed by atoms with Gasteiger partial charge >= 0.3 is 5.97 Å². The smallest absolute Gasteiger partial charge is 0.337 e. The SMILES string of the molecule is CCOc1cc(/C=C(\C#N)c2nc3ccccc3[nH]2)ccc1OCC(=O)Nc1ccc(C(=O)OC)cc1. The summed E-state index contributed by atoms with van der Waals surface area (Å²) < 4.78 is 16.1. The molecule has 0 bridgehead atoms. The fourth-order valence-electron chi connectivity index (χ4n) is 3.55. The number of para-hydroxylation sites is 2. The molecule has 0 aliphatic carbocycles. The first-order chi connectivity index (χ1) is 18.0. The van der Waals surface area contributed by atoms with Crippen molar-refractivity contribution in [2.75, 3.05) is 25.6 Å². The summed E-state index contributed by atoms with van der Waals surface area (Å²) in [4.78, 5) is 31.6. The average Bonchev–Trinajstić information content (AvgIpc) is 3.35. The number of imidazole rings is 1. The normalized spacial score (nSPS) is 11.0. The van der Waals surface area contributed by atoms with Crippen LogP contribution in [0.3, 0.4) is 0 Å². The van der Waals surface area contributed by atoms with Crippen LogP contribution in [0.25, 0.3) is 22.7 Å². The molecule has 0 aliphatic rings. The van der Waals surface area contributed by atoms with Gasteiger partial charge in [-0.2, -0.15) is 5.26 Å². The predicted octanol–water partition coefficient (Wildman–Crippen LogP) is 4.83. The molecule has 0 saturated heterocycles. The first-order valence-electron chi connectivity index (χ1n) is 11.5. The van der Waals surface area contributed by atoms with Crippen LogP contribution in [0, 0.1) is 11.3 Å². The van der Waals surface area contributed by atoms with Crippen LogP contribution in [0.15, 0.2) is 66.7 Å². The highest BCUT2D eigenvalue weighted by molar-refractivity contribution is 5.94. The second-order valence-electron chi connectivity index (χ2n) is 7.82. The standard InChI is InChI=1S/C28H24N4O5/c1-3-36-25-15-18(14-20(16-29)27-31-22-6-4-5-7-23(22)32-27)8-13-24(25)37-17-26(33)30-21-11-9-19(10-12-21)28(34)35-2/h4-15H,3,17H2,1-2H3,(H,30,33)(H,31,32)/b20-14+. The minimum absolute atomic E-state index is 0.254. The molecule has 4 aromatic rings. The van der Waals surface area contributed by atoms with Gasteiger partial charge < -0.3 is 24.5 Å². The molecule has 1 aromatic heterocycles. The lowest BCUT2D eigenvalue weighted by Crippen LogP contribution is -2.20. The van der Waals surface area contributed by atoms with Crippen LogP contribution < -0.4 is 14.8 Å². The Labute approximate surface area is 213 Å². The maximum Gasteiger partial charge on any atom is 0.337 e. The van der Waals surface area contributed by atoms with Crippen molar-refractivity contribution >= 4 is 40.2 Å². The van der Waals surface area contributed by atoms with E-state index >= 15 is 0 Å². The fraction of sp³-hybridized carbons (Fsp3) is 0.143. The van der Waals surface area contributed by atoms with Crippen molar-refractivity contribution in [2.24, 2.45) is 0 Å². The summed E-state index contributed by atoms with van der Waals surface area (Å²) in [5.74, 6) is 0.459. The van der Waals surface area contributed by atoms with Crippen LogP contribution in [0.5, 0.6) is 11.5 Å². The molecule has 186 valence electrons. The second kappa shape index (κ2) is 11.6. The van der Waals surface area contributed by atoms with Gasteiger partial charge in [0.2, 0.25) is 0 Å². The number of nitriles is 1. The zero-order valence-electron chi connectivity index (χ0n) is 20.3. The van der Waals surface area contributed by atoms with Gasteiger partial charge in [-0.05, 0) is 67.1 Å². The number of benzene rings is 3. The van der Waals surface area contributed by atoms with E-state index in [1.807, 2.05) is 31.2 Å². The first-order valence-corrected chi connectivity index (χ1v) is 11.5. The van der Waals surface area contributed by atoms with Crippen molar-refractivity contribution in [3.05, 3.63) is 83.7 Å². The molecule has 0 spiro atoms. The number of allylic oxidation sites excluding steroid dienone is 1. The summed E-state index contributed by atoms with van der Waals surface area (Å²) in [7, 11) is 1.30. The number of carbonyl (C=O) groups excluding carboxylic acids is 2. The van der Waals surface area contributed by atoms with E-state index in [-0.39, 0.29) is 12.5 Å². The molecule has 1 amide bonds. The average molecular weight is 497 g/mol. The van der Waals surface area contributed by atoms with Crippen molar-refractivity contribution < 1.29 is 23.8 Å². The van der Waals surface area contributed by atoms with Crippen molar-refractivity contribution in [3.63, 3.8) is 0 Å². The third kappa shape index (κ3) is 6.13. The van der Waals surface area contributed by atoms with E-state index in [0.717, 1.165) is 11.0 Å². The molecule has 37 heavy (non-hydrogen) atoms. The number of nitrogens with zero attached hydrogens (tertiary/aromatic N) is 2. The lowest BCUT2D eigenvalue weighted by atomic mass is 10.1. The minimum Gasteiger partial charge on any atom is -0.490 e. The number of amides is 1. The number of ether oxygens (including phenoxy) is 3. The summed E-state index contributed by atoms with van der Waals surface area (Å²) >= 11 is 0. The number of methoxy groups -OCH3 is 1. The number of fused-ring (bicyclic) bond motifs is 1. The van der Waals surface area contributed by atoms with E-state index in [1.54, 1.807) is 48.5 Å². The number of esters is 1. The van der Waals surface area contributed by atoms with E-state index < -0.39 is 5.97 Å². The van der Waals surface area contributed by atoms with Crippen LogP contribution in [-0.2, 0) is 9.53 Å². The number of nitrogens with one attached hydrogen (secondary N) is 2. The third-order valence-electron chi connectivity index (χ3n) is 5.29. The van der Waals surface area contributed by atoms with Crippen LogP contribution in [0.1, 0.15) is 28.7 Å². The van der Waals surface area contributed by atoms with Crippen molar-refractivity contribution in [1.82, 2.24) is 9.97 Å². The summed E-state index contributed by atoms with van der Waals surface area (Å²) in [5.41, 5.74) is 3.59. The Kier molecular flexibility index (Phi) is 7.81. The Bertz CT molecular complexity index is 1470. The monoisotopic (exact) mass is 496 g/mol. The van der Waals surface area contributed by atoms with E-state index in [2.05, 4.69) is 26.1 Å². The number of anilines is 1. The molecule has 9 nitrogen and oxygen atoms in total. The number of hydrogen-bond acceptors (Lipinski definition) is 7. The van der Waals surface area contributed by atoms with Crippen molar-refractivity contribution in [1.29, 1.82) is 5.26 Å². The predicted molar refractivity (Wildman–Crippen MR) is 139 cm³/mol. The van der Waals surface area contributed by atoms with Crippen LogP contribution >= 0.6 is 0 Å². The molecule has 2 N–H and O–H groups in total. The molecule has 0 fully saturated rings. The molecule has 9 heteroatoms. The fourth-order valence-corrected chi connectivity index (χ4v) is 3.55. The number of H-pyrrole nitrogens is 1. The Morgan fingerprint density at radius 1 is 1.05 bits per heavy atom. The molecular formula is C28H24N4O5. The largest absolute Gasteiger partial charge is 0.490 e. The molecule has 1 heterocycles. The van der Waals surface area contributed by atoms with Gasteiger partial charge in [0.1, 0.15) is 11.9 Å². The summed E-state index contributed by atoms with van der Waals surface area (Å²) in [6.07, 6.45) is 1.70. The Morgan fingerprint density at radius 3 is 2.54 bits per heavy atom. The van der Waals surface area contributed by atoms with Gasteiger partial charge in [-0.25, -0.2) is 9.78 Å². The number of hydrogen-bond donors (Lipinski definition) is 2. The Hall–Kier alpha value is -5.10. The highest BCUT2D eigenvalue weighted by atomic mass is 16.5. The topological polar surface area (TPSA) is 126 Å².